The summed E-state index contributed by atoms with van der Waals surface area (Å²) in [7, 11) is 1.71. The normalized spacial score (nSPS) is 17.4. The number of aromatic nitrogens is 8. The van der Waals surface area contributed by atoms with Gasteiger partial charge in [-0.1, -0.05) is 30.6 Å². The zero-order valence-electron chi connectivity index (χ0n) is 31.6. The topological polar surface area (TPSA) is 175 Å². The molecule has 1 N–H and O–H groups in total. The number of pyridine rings is 4. The summed E-state index contributed by atoms with van der Waals surface area (Å²) in [6.07, 6.45) is 3.86. The molecule has 16 nitrogen and oxygen atoms in total. The molecule has 2 amide bonds. The molecule has 2 atom stereocenters. The number of ether oxygens (including phenoxy) is 2. The summed E-state index contributed by atoms with van der Waals surface area (Å²) in [5.74, 6) is 0. The SMILES string of the molecule is C.CC(C)(C)OC(=O)N1CC[C@H](n2c(=O)[nH]c3cnc4ccc(Cl)nc4c32)C1.Cn1c(=O)n([C@H]2CCN(C(=O)OC(C)(C)C)C2)c2c3nc(Cl)ccc3ncc21. The maximum Gasteiger partial charge on any atom is 0.410 e. The molecule has 0 aromatic carbocycles. The van der Waals surface area contributed by atoms with E-state index in [1.54, 1.807) is 67.2 Å². The lowest BCUT2D eigenvalue weighted by Crippen LogP contribution is -2.36. The van der Waals surface area contributed by atoms with E-state index in [0.29, 0.717) is 93.5 Å². The number of halogens is 2. The third kappa shape index (κ3) is 7.89. The van der Waals surface area contributed by atoms with E-state index in [0.717, 1.165) is 0 Å². The van der Waals surface area contributed by atoms with Gasteiger partial charge in [0.15, 0.2) is 0 Å². The van der Waals surface area contributed by atoms with Crippen LogP contribution in [0.2, 0.25) is 10.3 Å². The van der Waals surface area contributed by atoms with Crippen molar-refractivity contribution in [2.24, 2.45) is 7.05 Å². The number of likely N-dealkylation sites (tertiary alicyclic amines) is 2. The molecule has 56 heavy (non-hydrogen) atoms. The number of aryl methyl sites for hydroxylation is 1. The van der Waals surface area contributed by atoms with Gasteiger partial charge < -0.3 is 24.3 Å². The highest BCUT2D eigenvalue weighted by Gasteiger charge is 2.34. The van der Waals surface area contributed by atoms with Crippen molar-refractivity contribution in [2.75, 3.05) is 26.2 Å². The molecule has 0 saturated carbocycles. The van der Waals surface area contributed by atoms with Crippen LogP contribution in [0, 0.1) is 0 Å². The summed E-state index contributed by atoms with van der Waals surface area (Å²) in [5, 5.41) is 0.672. The second-order valence-corrected chi connectivity index (χ2v) is 16.5. The fourth-order valence-electron chi connectivity index (χ4n) is 7.08. The summed E-state index contributed by atoms with van der Waals surface area (Å²) in [6, 6.07) is 6.55. The summed E-state index contributed by atoms with van der Waals surface area (Å²) in [6.45, 7) is 12.8. The highest BCUT2D eigenvalue weighted by Crippen LogP contribution is 2.31. The molecular formula is C38H46Cl2N10O6. The Labute approximate surface area is 332 Å². The quantitative estimate of drug-likeness (QED) is 0.182. The van der Waals surface area contributed by atoms with Crippen LogP contribution in [0.1, 0.15) is 73.9 Å². The van der Waals surface area contributed by atoms with Gasteiger partial charge in [0.2, 0.25) is 0 Å². The second-order valence-electron chi connectivity index (χ2n) is 15.8. The molecule has 8 rings (SSSR count). The van der Waals surface area contributed by atoms with E-state index >= 15 is 0 Å². The van der Waals surface area contributed by atoms with Gasteiger partial charge in [-0.05, 0) is 78.6 Å². The van der Waals surface area contributed by atoms with Crippen LogP contribution in [0.25, 0.3) is 44.1 Å². The van der Waals surface area contributed by atoms with Crippen molar-refractivity contribution in [3.63, 3.8) is 0 Å². The van der Waals surface area contributed by atoms with E-state index in [2.05, 4.69) is 24.9 Å². The average Bonchev–Trinajstić information content (AvgIpc) is 3.89. The lowest BCUT2D eigenvalue weighted by Gasteiger charge is -2.24. The van der Waals surface area contributed by atoms with Crippen molar-refractivity contribution in [3.05, 3.63) is 67.9 Å². The van der Waals surface area contributed by atoms with Gasteiger partial charge in [0.05, 0.1) is 57.6 Å². The van der Waals surface area contributed by atoms with E-state index < -0.39 is 11.2 Å². The first kappa shape index (κ1) is 40.4. The van der Waals surface area contributed by atoms with E-state index in [1.165, 1.54) is 0 Å². The fraction of sp³-hybridized carbons (Fsp3) is 0.474. The summed E-state index contributed by atoms with van der Waals surface area (Å²) < 4.78 is 15.8. The minimum atomic E-state index is -0.562. The van der Waals surface area contributed by atoms with Gasteiger partial charge in [-0.2, -0.15) is 0 Å². The molecule has 0 unspecified atom stereocenters. The molecule has 0 bridgehead atoms. The number of rotatable bonds is 2. The van der Waals surface area contributed by atoms with Crippen molar-refractivity contribution in [1.29, 1.82) is 0 Å². The number of hydrogen-bond acceptors (Lipinski definition) is 10. The van der Waals surface area contributed by atoms with Crippen molar-refractivity contribution in [3.8, 4) is 0 Å². The van der Waals surface area contributed by atoms with Crippen LogP contribution in [0.5, 0.6) is 0 Å². The zero-order chi connectivity index (χ0) is 39.6. The Bertz CT molecular complexity index is 2600. The minimum absolute atomic E-state index is 0. The van der Waals surface area contributed by atoms with Crippen molar-refractivity contribution < 1.29 is 19.1 Å². The monoisotopic (exact) mass is 808 g/mol. The summed E-state index contributed by atoms with van der Waals surface area (Å²) in [4.78, 5) is 74.0. The molecule has 2 aliphatic rings. The molecule has 8 heterocycles. The molecule has 2 fully saturated rings. The smallest absolute Gasteiger partial charge is 0.410 e. The Morgan fingerprint density at radius 1 is 0.750 bits per heavy atom. The zero-order valence-corrected chi connectivity index (χ0v) is 33.1. The molecular weight excluding hydrogens is 763 g/mol. The van der Waals surface area contributed by atoms with Crippen LogP contribution in [0.4, 0.5) is 9.59 Å². The standard InChI is InChI=1S/C19H22ClN5O3.C18H20ClN5O3.CH4/c1-19(2,3)28-18(27)24-8-7-11(10-24)25-16-13(23(4)17(25)26)9-21-12-5-6-14(20)22-15(12)16;1-18(2,3)27-17(26)23-7-6-10(9-23)24-15-12(21-16(24)25)8-20-11-4-5-13(19)22-14(11)15;/h5-6,9,11H,7-8,10H2,1-4H3;4-5,8,10H,6-7,9H2,1-3H3,(H,21,25);1H4/t11-;10-;/m00./s1. The van der Waals surface area contributed by atoms with Gasteiger partial charge in [0.25, 0.3) is 0 Å². The number of nitrogens with zero attached hydrogens (tertiary/aromatic N) is 9. The number of hydrogen-bond donors (Lipinski definition) is 1. The second kappa shape index (κ2) is 15.0. The van der Waals surface area contributed by atoms with E-state index in [-0.39, 0.29) is 43.1 Å². The number of carbonyl (C=O) groups is 2. The van der Waals surface area contributed by atoms with Crippen molar-refractivity contribution in [1.82, 2.24) is 48.4 Å². The highest BCUT2D eigenvalue weighted by atomic mass is 35.5. The van der Waals surface area contributed by atoms with Gasteiger partial charge in [-0.25, -0.2) is 29.1 Å². The lowest BCUT2D eigenvalue weighted by molar-refractivity contribution is 0.0278. The average molecular weight is 810 g/mol. The Hall–Kier alpha value is -5.22. The van der Waals surface area contributed by atoms with Crippen LogP contribution in [-0.4, -0.2) is 98.0 Å². The fourth-order valence-corrected chi connectivity index (χ4v) is 7.38. The molecule has 0 aliphatic carbocycles. The van der Waals surface area contributed by atoms with Crippen LogP contribution >= 0.6 is 23.2 Å². The lowest BCUT2D eigenvalue weighted by atomic mass is 10.2. The largest absolute Gasteiger partial charge is 0.444 e. The first-order valence-corrected chi connectivity index (χ1v) is 18.7. The number of amides is 2. The third-order valence-electron chi connectivity index (χ3n) is 9.44. The maximum absolute atomic E-state index is 13.0. The van der Waals surface area contributed by atoms with E-state index in [4.69, 9.17) is 32.7 Å². The van der Waals surface area contributed by atoms with Gasteiger partial charge in [-0.15, -0.1) is 0 Å². The molecule has 2 saturated heterocycles. The van der Waals surface area contributed by atoms with Crippen molar-refractivity contribution >= 4 is 79.5 Å². The van der Waals surface area contributed by atoms with E-state index in [9.17, 15) is 19.2 Å². The van der Waals surface area contributed by atoms with Crippen LogP contribution in [-0.2, 0) is 16.5 Å². The first-order valence-electron chi connectivity index (χ1n) is 17.9. The number of H-pyrrole nitrogens is 1. The Morgan fingerprint density at radius 3 is 1.75 bits per heavy atom. The van der Waals surface area contributed by atoms with Gasteiger partial charge in [0, 0.05) is 33.2 Å². The number of nitrogens with one attached hydrogen (secondary N) is 1. The Morgan fingerprint density at radius 2 is 1.23 bits per heavy atom. The molecule has 6 aromatic rings. The molecule has 6 aromatic heterocycles. The number of fused-ring (bicyclic) bond motifs is 6. The first-order chi connectivity index (χ1) is 25.9. The molecule has 2 aliphatic heterocycles. The highest BCUT2D eigenvalue weighted by molar-refractivity contribution is 6.30. The molecule has 298 valence electrons. The molecule has 18 heteroatoms. The Kier molecular flexibility index (Phi) is 10.9. The van der Waals surface area contributed by atoms with Crippen LogP contribution in [0.3, 0.4) is 0 Å². The maximum atomic E-state index is 13.0. The molecule has 0 radical (unpaired) electrons. The van der Waals surface area contributed by atoms with Gasteiger partial charge in [-0.3, -0.25) is 23.7 Å². The third-order valence-corrected chi connectivity index (χ3v) is 9.86. The summed E-state index contributed by atoms with van der Waals surface area (Å²) in [5.41, 5.74) is 3.55. The summed E-state index contributed by atoms with van der Waals surface area (Å²) >= 11 is 12.2. The van der Waals surface area contributed by atoms with Crippen LogP contribution in [0.15, 0.2) is 46.2 Å². The van der Waals surface area contributed by atoms with E-state index in [1.807, 2.05) is 41.5 Å². The number of aromatic amines is 1. The van der Waals surface area contributed by atoms with Gasteiger partial charge >= 0.3 is 23.6 Å². The van der Waals surface area contributed by atoms with Gasteiger partial charge in [0.1, 0.15) is 32.5 Å². The Balaban J connectivity index is 0.000000187. The number of carbonyl (C=O) groups excluding carboxylic acids is 2. The number of imidazole rings is 2. The minimum Gasteiger partial charge on any atom is -0.444 e. The van der Waals surface area contributed by atoms with Crippen molar-refractivity contribution in [2.45, 2.75) is 85.1 Å². The molecule has 0 spiro atoms. The van der Waals surface area contributed by atoms with Crippen LogP contribution < -0.4 is 11.4 Å². The predicted octanol–water partition coefficient (Wildman–Crippen LogP) is 6.86. The predicted molar refractivity (Wildman–Crippen MR) is 216 cm³/mol.